The molecule has 20 heavy (non-hydrogen) atoms. The van der Waals surface area contributed by atoms with Gasteiger partial charge in [-0.25, -0.2) is 0 Å². The van der Waals surface area contributed by atoms with Gasteiger partial charge in [0.25, 0.3) is 5.91 Å². The molecule has 0 spiro atoms. The number of hydrogen-bond acceptors (Lipinski definition) is 3. The zero-order valence-corrected chi connectivity index (χ0v) is 11.4. The van der Waals surface area contributed by atoms with Gasteiger partial charge in [-0.05, 0) is 37.0 Å². The van der Waals surface area contributed by atoms with Gasteiger partial charge in [-0.1, -0.05) is 17.9 Å². The molecule has 106 valence electrons. The molecule has 0 aliphatic carbocycles. The molecule has 1 aromatic carbocycles. The lowest BCUT2D eigenvalue weighted by Gasteiger charge is -2.22. The number of nitrogens with one attached hydrogen (secondary N) is 1. The number of carbonyl (C=O) groups is 1. The molecule has 2 rings (SSSR count). The molecule has 1 aliphatic heterocycles. The number of aliphatic hydroxyl groups is 1. The Morgan fingerprint density at radius 1 is 1.40 bits per heavy atom. The number of amides is 1. The summed E-state index contributed by atoms with van der Waals surface area (Å²) in [5.74, 6) is 5.80. The lowest BCUT2D eigenvalue weighted by atomic mass is 10.0. The molecule has 4 nitrogen and oxygen atoms in total. The second-order valence-electron chi connectivity index (χ2n) is 4.81. The van der Waals surface area contributed by atoms with E-state index in [1.54, 1.807) is 18.2 Å². The second-order valence-corrected chi connectivity index (χ2v) is 4.81. The van der Waals surface area contributed by atoms with Crippen LogP contribution in [0, 0.1) is 17.8 Å². The van der Waals surface area contributed by atoms with Gasteiger partial charge in [0.15, 0.2) is 0 Å². The van der Waals surface area contributed by atoms with Crippen molar-refractivity contribution in [1.29, 1.82) is 0 Å². The molecule has 2 N–H and O–H groups in total. The normalized spacial score (nSPS) is 15.2. The van der Waals surface area contributed by atoms with E-state index in [0.717, 1.165) is 31.6 Å². The minimum absolute atomic E-state index is 0.0795. The Morgan fingerprint density at radius 2 is 2.20 bits per heavy atom. The number of hydrogen-bond donors (Lipinski definition) is 2. The lowest BCUT2D eigenvalue weighted by molar-refractivity contribution is 0.0642. The smallest absolute Gasteiger partial charge is 0.251 e. The summed E-state index contributed by atoms with van der Waals surface area (Å²) in [5.41, 5.74) is 1.33. The van der Waals surface area contributed by atoms with E-state index in [1.807, 2.05) is 6.07 Å². The summed E-state index contributed by atoms with van der Waals surface area (Å²) in [6, 6.07) is 7.12. The van der Waals surface area contributed by atoms with Crippen LogP contribution in [0.25, 0.3) is 0 Å². The maximum absolute atomic E-state index is 12.1. The number of aliphatic hydroxyl groups excluding tert-OH is 1. The Kier molecular flexibility index (Phi) is 5.60. The van der Waals surface area contributed by atoms with Gasteiger partial charge in [-0.2, -0.15) is 0 Å². The first-order chi connectivity index (χ1) is 9.79. The van der Waals surface area contributed by atoms with E-state index in [4.69, 9.17) is 9.84 Å². The van der Waals surface area contributed by atoms with Crippen molar-refractivity contribution < 1.29 is 14.6 Å². The van der Waals surface area contributed by atoms with Gasteiger partial charge in [0, 0.05) is 30.9 Å². The van der Waals surface area contributed by atoms with Crippen molar-refractivity contribution in [2.24, 2.45) is 5.92 Å². The van der Waals surface area contributed by atoms with Gasteiger partial charge >= 0.3 is 0 Å². The first-order valence-electron chi connectivity index (χ1n) is 6.85. The van der Waals surface area contributed by atoms with E-state index in [2.05, 4.69) is 17.2 Å². The van der Waals surface area contributed by atoms with Crippen LogP contribution in [-0.4, -0.2) is 37.4 Å². The molecule has 0 atom stereocenters. The predicted octanol–water partition coefficient (Wildman–Crippen LogP) is 1.19. The third-order valence-electron chi connectivity index (χ3n) is 3.33. The Balaban J connectivity index is 1.91. The van der Waals surface area contributed by atoms with Crippen molar-refractivity contribution in [3.05, 3.63) is 35.4 Å². The fraction of sp³-hybridized carbons (Fsp3) is 0.438. The summed E-state index contributed by atoms with van der Waals surface area (Å²) in [4.78, 5) is 12.1. The summed E-state index contributed by atoms with van der Waals surface area (Å²) in [5, 5.41) is 11.6. The standard InChI is InChI=1S/C16H19NO3/c18-8-2-4-13-3-1-5-15(11-13)16(19)17-12-14-6-9-20-10-7-14/h1,3,5,11,14,18H,6-10,12H2,(H,17,19). The van der Waals surface area contributed by atoms with E-state index < -0.39 is 0 Å². The van der Waals surface area contributed by atoms with Crippen LogP contribution in [0.2, 0.25) is 0 Å². The third-order valence-corrected chi connectivity index (χ3v) is 3.33. The summed E-state index contributed by atoms with van der Waals surface area (Å²) in [6.07, 6.45) is 2.00. The maximum atomic E-state index is 12.1. The highest BCUT2D eigenvalue weighted by Crippen LogP contribution is 2.13. The fourth-order valence-electron chi connectivity index (χ4n) is 2.17. The quantitative estimate of drug-likeness (QED) is 0.813. The lowest BCUT2D eigenvalue weighted by Crippen LogP contribution is -2.32. The highest BCUT2D eigenvalue weighted by atomic mass is 16.5. The fourth-order valence-corrected chi connectivity index (χ4v) is 2.17. The van der Waals surface area contributed by atoms with Crippen molar-refractivity contribution in [3.8, 4) is 11.8 Å². The average molecular weight is 273 g/mol. The zero-order valence-electron chi connectivity index (χ0n) is 11.4. The van der Waals surface area contributed by atoms with Crippen molar-refractivity contribution >= 4 is 5.91 Å². The van der Waals surface area contributed by atoms with Crippen molar-refractivity contribution in [3.63, 3.8) is 0 Å². The second kappa shape index (κ2) is 7.68. The Labute approximate surface area is 119 Å². The first kappa shape index (κ1) is 14.6. The number of ether oxygens (including phenoxy) is 1. The number of carbonyl (C=O) groups excluding carboxylic acids is 1. The Hall–Kier alpha value is -1.83. The number of rotatable bonds is 3. The predicted molar refractivity (Wildman–Crippen MR) is 76.3 cm³/mol. The van der Waals surface area contributed by atoms with E-state index in [9.17, 15) is 4.79 Å². The topological polar surface area (TPSA) is 58.6 Å². The molecular weight excluding hydrogens is 254 g/mol. The van der Waals surface area contributed by atoms with Crippen LogP contribution in [0.15, 0.2) is 24.3 Å². The Morgan fingerprint density at radius 3 is 2.95 bits per heavy atom. The van der Waals surface area contributed by atoms with Crippen LogP contribution in [0.1, 0.15) is 28.8 Å². The van der Waals surface area contributed by atoms with Crippen LogP contribution in [-0.2, 0) is 4.74 Å². The number of benzene rings is 1. The van der Waals surface area contributed by atoms with Gasteiger partial charge in [-0.3, -0.25) is 4.79 Å². The first-order valence-corrected chi connectivity index (χ1v) is 6.85. The largest absolute Gasteiger partial charge is 0.384 e. The summed E-state index contributed by atoms with van der Waals surface area (Å²) >= 11 is 0. The summed E-state index contributed by atoms with van der Waals surface area (Å²) in [6.45, 7) is 2.08. The molecular formula is C16H19NO3. The molecule has 1 fully saturated rings. The van der Waals surface area contributed by atoms with Crippen molar-refractivity contribution in [1.82, 2.24) is 5.32 Å². The Bertz CT molecular complexity index is 510. The molecule has 1 saturated heterocycles. The van der Waals surface area contributed by atoms with Gasteiger partial charge in [0.2, 0.25) is 0 Å². The minimum atomic E-state index is -0.180. The molecule has 0 saturated carbocycles. The molecule has 4 heteroatoms. The van der Waals surface area contributed by atoms with Crippen LogP contribution in [0.5, 0.6) is 0 Å². The molecule has 1 aliphatic rings. The van der Waals surface area contributed by atoms with E-state index in [0.29, 0.717) is 18.0 Å². The van der Waals surface area contributed by atoms with Crippen LogP contribution >= 0.6 is 0 Å². The molecule has 0 bridgehead atoms. The average Bonchev–Trinajstić information content (AvgIpc) is 2.52. The van der Waals surface area contributed by atoms with E-state index >= 15 is 0 Å². The van der Waals surface area contributed by atoms with Gasteiger partial charge in [0.1, 0.15) is 6.61 Å². The minimum Gasteiger partial charge on any atom is -0.384 e. The van der Waals surface area contributed by atoms with Gasteiger partial charge in [-0.15, -0.1) is 0 Å². The SMILES string of the molecule is O=C(NCC1CCOCC1)c1cccc(C#CCO)c1. The highest BCUT2D eigenvalue weighted by Gasteiger charge is 2.15. The highest BCUT2D eigenvalue weighted by molar-refractivity contribution is 5.94. The molecule has 1 aromatic rings. The maximum Gasteiger partial charge on any atom is 0.251 e. The van der Waals surface area contributed by atoms with Gasteiger partial charge in [0.05, 0.1) is 0 Å². The monoisotopic (exact) mass is 273 g/mol. The van der Waals surface area contributed by atoms with E-state index in [-0.39, 0.29) is 12.5 Å². The summed E-state index contributed by atoms with van der Waals surface area (Å²) < 4.78 is 5.30. The molecule has 0 aromatic heterocycles. The van der Waals surface area contributed by atoms with Crippen LogP contribution in [0.4, 0.5) is 0 Å². The molecule has 0 radical (unpaired) electrons. The summed E-state index contributed by atoms with van der Waals surface area (Å²) in [7, 11) is 0. The van der Waals surface area contributed by atoms with E-state index in [1.165, 1.54) is 0 Å². The van der Waals surface area contributed by atoms with Crippen LogP contribution < -0.4 is 5.32 Å². The molecule has 1 amide bonds. The zero-order chi connectivity index (χ0) is 14.2. The molecule has 1 heterocycles. The van der Waals surface area contributed by atoms with Crippen molar-refractivity contribution in [2.75, 3.05) is 26.4 Å². The van der Waals surface area contributed by atoms with Gasteiger partial charge < -0.3 is 15.2 Å². The van der Waals surface area contributed by atoms with Crippen molar-refractivity contribution in [2.45, 2.75) is 12.8 Å². The molecule has 0 unspecified atom stereocenters. The van der Waals surface area contributed by atoms with Crippen LogP contribution in [0.3, 0.4) is 0 Å². The third kappa shape index (κ3) is 4.37.